The Hall–Kier alpha value is -2.29. The quantitative estimate of drug-likeness (QED) is 0.458. The fraction of sp³-hybridized carbons (Fsp3) is 0.391. The van der Waals surface area contributed by atoms with Gasteiger partial charge in [-0.2, -0.15) is 0 Å². The highest BCUT2D eigenvalue weighted by Gasteiger charge is 2.30. The van der Waals surface area contributed by atoms with Gasteiger partial charge in [0.2, 0.25) is 21.8 Å². The maximum Gasteiger partial charge on any atom is 0.244 e. The Labute approximate surface area is 205 Å². The Morgan fingerprint density at radius 3 is 2.30 bits per heavy atom. The number of hydrogen-bond acceptors (Lipinski definition) is 4. The summed E-state index contributed by atoms with van der Waals surface area (Å²) < 4.78 is 25.9. The molecular formula is C23H29Cl2N3O4S. The molecule has 0 unspecified atom stereocenters. The summed E-state index contributed by atoms with van der Waals surface area (Å²) in [4.78, 5) is 27.5. The number of hydrogen-bond donors (Lipinski definition) is 1. The van der Waals surface area contributed by atoms with Crippen LogP contribution in [0.15, 0.2) is 48.5 Å². The van der Waals surface area contributed by atoms with Crippen molar-refractivity contribution in [2.75, 3.05) is 23.7 Å². The van der Waals surface area contributed by atoms with Crippen LogP contribution in [0.4, 0.5) is 5.69 Å². The monoisotopic (exact) mass is 513 g/mol. The van der Waals surface area contributed by atoms with Gasteiger partial charge in [-0.25, -0.2) is 8.42 Å². The molecule has 0 heterocycles. The molecular weight excluding hydrogens is 485 g/mol. The molecule has 0 bridgehead atoms. The van der Waals surface area contributed by atoms with E-state index in [1.54, 1.807) is 55.5 Å². The molecule has 1 atom stereocenters. The van der Waals surface area contributed by atoms with E-state index in [4.69, 9.17) is 23.2 Å². The lowest BCUT2D eigenvalue weighted by Crippen LogP contribution is -2.51. The van der Waals surface area contributed by atoms with E-state index >= 15 is 0 Å². The summed E-state index contributed by atoms with van der Waals surface area (Å²) in [5.41, 5.74) is 1.03. The minimum atomic E-state index is -3.75. The van der Waals surface area contributed by atoms with Gasteiger partial charge in [0.05, 0.1) is 22.0 Å². The lowest BCUT2D eigenvalue weighted by molar-refractivity contribution is -0.139. The highest BCUT2D eigenvalue weighted by molar-refractivity contribution is 7.92. The molecule has 0 aliphatic rings. The number of rotatable bonds is 11. The first kappa shape index (κ1) is 27.0. The van der Waals surface area contributed by atoms with Crippen molar-refractivity contribution in [1.82, 2.24) is 10.2 Å². The summed E-state index contributed by atoms with van der Waals surface area (Å²) in [5.74, 6) is -0.837. The Bertz CT molecular complexity index is 1060. The van der Waals surface area contributed by atoms with Crippen molar-refractivity contribution in [3.63, 3.8) is 0 Å². The number of carbonyl (C=O) groups is 2. The molecule has 33 heavy (non-hydrogen) atoms. The predicted octanol–water partition coefficient (Wildman–Crippen LogP) is 4.09. The number of nitrogens with zero attached hydrogens (tertiary/aromatic N) is 2. The lowest BCUT2D eigenvalue weighted by atomic mass is 10.1. The van der Waals surface area contributed by atoms with Crippen molar-refractivity contribution < 1.29 is 18.0 Å². The number of amides is 2. The number of halogens is 2. The Morgan fingerprint density at radius 2 is 1.73 bits per heavy atom. The maximum absolute atomic E-state index is 13.4. The van der Waals surface area contributed by atoms with Crippen molar-refractivity contribution in [1.29, 1.82) is 0 Å². The van der Waals surface area contributed by atoms with Gasteiger partial charge in [0.25, 0.3) is 0 Å². The minimum absolute atomic E-state index is 0.0600. The molecule has 2 rings (SSSR count). The zero-order valence-electron chi connectivity index (χ0n) is 18.9. The van der Waals surface area contributed by atoms with E-state index < -0.39 is 28.5 Å². The van der Waals surface area contributed by atoms with E-state index in [0.29, 0.717) is 27.8 Å². The summed E-state index contributed by atoms with van der Waals surface area (Å²) in [6.07, 6.45) is 2.77. The molecule has 7 nitrogen and oxygen atoms in total. The van der Waals surface area contributed by atoms with Gasteiger partial charge in [-0.05, 0) is 43.2 Å². The van der Waals surface area contributed by atoms with E-state index in [1.807, 2.05) is 6.92 Å². The van der Waals surface area contributed by atoms with Crippen molar-refractivity contribution in [2.45, 2.75) is 39.3 Å². The van der Waals surface area contributed by atoms with Crippen LogP contribution >= 0.6 is 23.2 Å². The van der Waals surface area contributed by atoms with Crippen molar-refractivity contribution in [3.05, 3.63) is 64.1 Å². The topological polar surface area (TPSA) is 86.8 Å². The lowest BCUT2D eigenvalue weighted by Gasteiger charge is -2.31. The molecule has 0 spiro atoms. The minimum Gasteiger partial charge on any atom is -0.354 e. The summed E-state index contributed by atoms with van der Waals surface area (Å²) in [6.45, 7) is 3.73. The van der Waals surface area contributed by atoms with E-state index in [1.165, 1.54) is 4.90 Å². The second-order valence-electron chi connectivity index (χ2n) is 7.70. The van der Waals surface area contributed by atoms with Gasteiger partial charge in [0.1, 0.15) is 12.6 Å². The van der Waals surface area contributed by atoms with Gasteiger partial charge < -0.3 is 10.2 Å². The molecule has 0 aliphatic heterocycles. The molecule has 10 heteroatoms. The molecule has 2 aromatic carbocycles. The van der Waals surface area contributed by atoms with Crippen LogP contribution in [0, 0.1) is 0 Å². The number of nitrogens with one attached hydrogen (secondary N) is 1. The van der Waals surface area contributed by atoms with Crippen LogP contribution in [0.2, 0.25) is 10.0 Å². The van der Waals surface area contributed by atoms with Crippen molar-refractivity contribution >= 4 is 50.7 Å². The average Bonchev–Trinajstić information content (AvgIpc) is 2.77. The molecule has 2 amide bonds. The van der Waals surface area contributed by atoms with Crippen molar-refractivity contribution in [2.24, 2.45) is 0 Å². The van der Waals surface area contributed by atoms with Gasteiger partial charge in [-0.15, -0.1) is 0 Å². The number of para-hydroxylation sites is 1. The number of anilines is 1. The normalized spacial score (nSPS) is 12.2. The third kappa shape index (κ3) is 7.91. The zero-order chi connectivity index (χ0) is 24.6. The Morgan fingerprint density at radius 1 is 1.06 bits per heavy atom. The molecule has 180 valence electrons. The first-order valence-electron chi connectivity index (χ1n) is 10.6. The zero-order valence-corrected chi connectivity index (χ0v) is 21.3. The molecule has 1 N–H and O–H groups in total. The number of sulfonamides is 1. The van der Waals surface area contributed by atoms with Crippen LogP contribution in [0.3, 0.4) is 0 Å². The van der Waals surface area contributed by atoms with Crippen LogP contribution in [0.1, 0.15) is 32.3 Å². The second kappa shape index (κ2) is 12.3. The van der Waals surface area contributed by atoms with E-state index in [0.717, 1.165) is 23.4 Å². The molecule has 2 aromatic rings. The largest absolute Gasteiger partial charge is 0.354 e. The molecule has 0 saturated heterocycles. The third-order valence-corrected chi connectivity index (χ3v) is 6.94. The first-order chi connectivity index (χ1) is 15.5. The predicted molar refractivity (Wildman–Crippen MR) is 133 cm³/mol. The number of carbonyl (C=O) groups excluding carboxylic acids is 2. The standard InChI is InChI=1S/C23H29Cl2N3O4S/c1-4-5-13-26-23(30)17(2)27(15-18-11-12-20(24)21(25)14-18)22(29)16-28(33(3,31)32)19-9-7-6-8-10-19/h6-12,14,17H,4-5,13,15-16H2,1-3H3,(H,26,30)/t17-/m0/s1. The van der Waals surface area contributed by atoms with E-state index in [9.17, 15) is 18.0 Å². The van der Waals surface area contributed by atoms with Gasteiger partial charge in [0, 0.05) is 13.1 Å². The van der Waals surface area contributed by atoms with Crippen LogP contribution in [-0.4, -0.2) is 50.5 Å². The summed E-state index contributed by atoms with van der Waals surface area (Å²) >= 11 is 12.1. The van der Waals surface area contributed by atoms with Gasteiger partial charge in [-0.1, -0.05) is 60.8 Å². The molecule has 0 aliphatic carbocycles. The highest BCUT2D eigenvalue weighted by atomic mass is 35.5. The molecule has 0 saturated carbocycles. The van der Waals surface area contributed by atoms with Gasteiger partial charge in [0.15, 0.2) is 0 Å². The highest BCUT2D eigenvalue weighted by Crippen LogP contribution is 2.24. The molecule has 0 fully saturated rings. The van der Waals surface area contributed by atoms with Gasteiger partial charge >= 0.3 is 0 Å². The smallest absolute Gasteiger partial charge is 0.244 e. The fourth-order valence-electron chi connectivity index (χ4n) is 3.16. The summed E-state index contributed by atoms with van der Waals surface area (Å²) in [6, 6.07) is 12.5. The Kier molecular flexibility index (Phi) is 10.0. The summed E-state index contributed by atoms with van der Waals surface area (Å²) in [5, 5.41) is 3.52. The van der Waals surface area contributed by atoms with Gasteiger partial charge in [-0.3, -0.25) is 13.9 Å². The molecule has 0 radical (unpaired) electrons. The average molecular weight is 514 g/mol. The SMILES string of the molecule is CCCCNC(=O)[C@H](C)N(Cc1ccc(Cl)c(Cl)c1)C(=O)CN(c1ccccc1)S(C)(=O)=O. The van der Waals surface area contributed by atoms with Crippen LogP contribution in [-0.2, 0) is 26.2 Å². The van der Waals surface area contributed by atoms with E-state index in [2.05, 4.69) is 5.32 Å². The van der Waals surface area contributed by atoms with Crippen LogP contribution < -0.4 is 9.62 Å². The van der Waals surface area contributed by atoms with Crippen molar-refractivity contribution in [3.8, 4) is 0 Å². The number of unbranched alkanes of at least 4 members (excludes halogenated alkanes) is 1. The summed E-state index contributed by atoms with van der Waals surface area (Å²) in [7, 11) is -3.75. The number of benzene rings is 2. The second-order valence-corrected chi connectivity index (χ2v) is 10.4. The maximum atomic E-state index is 13.4. The molecule has 0 aromatic heterocycles. The fourth-order valence-corrected chi connectivity index (χ4v) is 4.33. The van der Waals surface area contributed by atoms with Crippen LogP contribution in [0.25, 0.3) is 0 Å². The third-order valence-electron chi connectivity index (χ3n) is 5.06. The van der Waals surface area contributed by atoms with Crippen LogP contribution in [0.5, 0.6) is 0 Å². The first-order valence-corrected chi connectivity index (χ1v) is 13.2. The Balaban J connectivity index is 2.34. The van der Waals surface area contributed by atoms with E-state index in [-0.39, 0.29) is 12.5 Å².